The minimum Gasteiger partial charge on any atom is -0.332 e. The zero-order valence-corrected chi connectivity index (χ0v) is 15.0. The predicted octanol–water partition coefficient (Wildman–Crippen LogP) is 2.42. The molecule has 2 saturated heterocycles. The molecular formula is C15H22N4O2S2. The van der Waals surface area contributed by atoms with Crippen molar-refractivity contribution in [3.8, 4) is 0 Å². The van der Waals surface area contributed by atoms with Crippen molar-refractivity contribution in [1.29, 1.82) is 0 Å². The summed E-state index contributed by atoms with van der Waals surface area (Å²) in [7, 11) is 0. The van der Waals surface area contributed by atoms with E-state index in [0.29, 0.717) is 16.8 Å². The number of nitrogens with zero attached hydrogens (tertiary/aromatic N) is 1. The van der Waals surface area contributed by atoms with E-state index in [1.807, 2.05) is 25.6 Å². The second-order valence-electron chi connectivity index (χ2n) is 6.08. The van der Waals surface area contributed by atoms with Crippen LogP contribution < -0.4 is 16.0 Å². The monoisotopic (exact) mass is 354 g/mol. The van der Waals surface area contributed by atoms with E-state index in [9.17, 15) is 9.59 Å². The standard InChI is InChI=1S/C15H22N4O2S2/c1-8-9(2)23-15(16-8)18-12(20)6-4-3-5-11-13-10(7-22-11)17-14(21)19-13/h10-11,13H,3-7H2,1-2H3,(H,16,18,20)(H2,17,19,21)/t10-,11+,13+/m1/s1. The first-order valence-electron chi connectivity index (χ1n) is 7.95. The third-order valence-electron chi connectivity index (χ3n) is 4.36. The second kappa shape index (κ2) is 7.09. The Morgan fingerprint density at radius 3 is 2.91 bits per heavy atom. The number of thiazole rings is 1. The average molecular weight is 355 g/mol. The Labute approximate surface area is 144 Å². The highest BCUT2D eigenvalue weighted by molar-refractivity contribution is 8.00. The molecule has 0 aromatic carbocycles. The van der Waals surface area contributed by atoms with Gasteiger partial charge in [-0.1, -0.05) is 6.42 Å². The molecule has 2 aliphatic heterocycles. The summed E-state index contributed by atoms with van der Waals surface area (Å²) < 4.78 is 0. The van der Waals surface area contributed by atoms with Crippen molar-refractivity contribution in [2.24, 2.45) is 0 Å². The number of unbranched alkanes of at least 4 members (excludes halogenated alkanes) is 1. The van der Waals surface area contributed by atoms with Crippen molar-refractivity contribution < 1.29 is 9.59 Å². The van der Waals surface area contributed by atoms with Gasteiger partial charge in [0.25, 0.3) is 0 Å². The van der Waals surface area contributed by atoms with Gasteiger partial charge in [-0.3, -0.25) is 4.79 Å². The number of amides is 3. The number of hydrogen-bond acceptors (Lipinski definition) is 5. The normalized spacial score (nSPS) is 25.8. The molecule has 0 bridgehead atoms. The number of carbonyl (C=O) groups excluding carboxylic acids is 2. The van der Waals surface area contributed by atoms with Crippen LogP contribution in [0.2, 0.25) is 0 Å². The number of nitrogens with one attached hydrogen (secondary N) is 3. The molecule has 6 nitrogen and oxygen atoms in total. The molecular weight excluding hydrogens is 332 g/mol. The zero-order valence-electron chi connectivity index (χ0n) is 13.3. The van der Waals surface area contributed by atoms with Crippen LogP contribution in [0.5, 0.6) is 0 Å². The molecule has 0 spiro atoms. The first-order chi connectivity index (χ1) is 11.0. The van der Waals surface area contributed by atoms with Crippen molar-refractivity contribution >= 4 is 40.2 Å². The molecule has 3 atom stereocenters. The van der Waals surface area contributed by atoms with E-state index in [0.717, 1.165) is 35.6 Å². The Kier molecular flexibility index (Phi) is 5.11. The van der Waals surface area contributed by atoms with Crippen molar-refractivity contribution in [3.05, 3.63) is 10.6 Å². The van der Waals surface area contributed by atoms with Crippen LogP contribution in [0.3, 0.4) is 0 Å². The third kappa shape index (κ3) is 3.98. The number of aryl methyl sites for hydroxylation is 2. The molecule has 2 aliphatic rings. The molecule has 2 fully saturated rings. The molecule has 0 radical (unpaired) electrons. The maximum absolute atomic E-state index is 11.9. The van der Waals surface area contributed by atoms with Crippen LogP contribution in [0.1, 0.15) is 36.3 Å². The topological polar surface area (TPSA) is 83.1 Å². The number of fused-ring (bicyclic) bond motifs is 1. The van der Waals surface area contributed by atoms with Gasteiger partial charge in [0.05, 0.1) is 17.8 Å². The molecule has 3 N–H and O–H groups in total. The molecule has 0 saturated carbocycles. The fourth-order valence-corrected chi connectivity index (χ4v) is 5.36. The quantitative estimate of drug-likeness (QED) is 0.541. The maximum atomic E-state index is 11.9. The van der Waals surface area contributed by atoms with Crippen molar-refractivity contribution in [2.75, 3.05) is 11.1 Å². The van der Waals surface area contributed by atoms with E-state index in [1.165, 1.54) is 11.3 Å². The molecule has 126 valence electrons. The SMILES string of the molecule is Cc1nc(NC(=O)CCCC[C@@H]2SC[C@H]3NC(=O)N[C@H]23)sc1C. The van der Waals surface area contributed by atoms with Gasteiger partial charge in [0.2, 0.25) is 5.91 Å². The van der Waals surface area contributed by atoms with E-state index in [4.69, 9.17) is 0 Å². The number of thioether (sulfide) groups is 1. The van der Waals surface area contributed by atoms with Crippen LogP contribution >= 0.6 is 23.1 Å². The van der Waals surface area contributed by atoms with E-state index in [-0.39, 0.29) is 24.0 Å². The van der Waals surface area contributed by atoms with Gasteiger partial charge in [-0.15, -0.1) is 11.3 Å². The Morgan fingerprint density at radius 2 is 2.17 bits per heavy atom. The van der Waals surface area contributed by atoms with Crippen LogP contribution in [-0.2, 0) is 4.79 Å². The minimum atomic E-state index is -0.0429. The molecule has 0 unspecified atom stereocenters. The highest BCUT2D eigenvalue weighted by Crippen LogP contribution is 2.33. The predicted molar refractivity (Wildman–Crippen MR) is 94.2 cm³/mol. The smallest absolute Gasteiger partial charge is 0.315 e. The summed E-state index contributed by atoms with van der Waals surface area (Å²) in [5.41, 5.74) is 0.977. The fourth-order valence-electron chi connectivity index (χ4n) is 2.98. The number of hydrogen-bond donors (Lipinski definition) is 3. The van der Waals surface area contributed by atoms with E-state index >= 15 is 0 Å². The van der Waals surface area contributed by atoms with Crippen LogP contribution in [0.4, 0.5) is 9.93 Å². The van der Waals surface area contributed by atoms with Gasteiger partial charge in [-0.05, 0) is 26.7 Å². The summed E-state index contributed by atoms with van der Waals surface area (Å²) in [6.45, 7) is 3.95. The Bertz CT molecular complexity index is 585. The first-order valence-corrected chi connectivity index (χ1v) is 9.82. The maximum Gasteiger partial charge on any atom is 0.315 e. The van der Waals surface area contributed by atoms with Gasteiger partial charge in [-0.2, -0.15) is 11.8 Å². The number of aromatic nitrogens is 1. The number of rotatable bonds is 6. The molecule has 3 amide bonds. The molecule has 0 aliphatic carbocycles. The highest BCUT2D eigenvalue weighted by Gasteiger charge is 2.42. The highest BCUT2D eigenvalue weighted by atomic mass is 32.2. The summed E-state index contributed by atoms with van der Waals surface area (Å²) in [4.78, 5) is 28.7. The molecule has 1 aromatic heterocycles. The van der Waals surface area contributed by atoms with Crippen molar-refractivity contribution in [1.82, 2.24) is 15.6 Å². The summed E-state index contributed by atoms with van der Waals surface area (Å²) in [6, 6.07) is 0.485. The van der Waals surface area contributed by atoms with Crippen LogP contribution in [0.15, 0.2) is 0 Å². The largest absolute Gasteiger partial charge is 0.332 e. The van der Waals surface area contributed by atoms with E-state index in [2.05, 4.69) is 20.9 Å². The van der Waals surface area contributed by atoms with Gasteiger partial charge in [0.15, 0.2) is 5.13 Å². The van der Waals surface area contributed by atoms with Crippen LogP contribution in [0, 0.1) is 13.8 Å². The Balaban J connectivity index is 1.35. The second-order valence-corrected chi connectivity index (χ2v) is 8.55. The lowest BCUT2D eigenvalue weighted by atomic mass is 10.0. The number of carbonyl (C=O) groups is 2. The average Bonchev–Trinajstić information content (AvgIpc) is 3.11. The summed E-state index contributed by atoms with van der Waals surface area (Å²) in [6.07, 6.45) is 3.43. The number of anilines is 1. The minimum absolute atomic E-state index is 0.0338. The van der Waals surface area contributed by atoms with Crippen molar-refractivity contribution in [3.63, 3.8) is 0 Å². The molecule has 8 heteroatoms. The summed E-state index contributed by atoms with van der Waals surface area (Å²) in [5.74, 6) is 1.02. The summed E-state index contributed by atoms with van der Waals surface area (Å²) in [5, 5.41) is 9.97. The molecule has 3 rings (SSSR count). The number of urea groups is 1. The van der Waals surface area contributed by atoms with Crippen LogP contribution in [-0.4, -0.2) is 40.0 Å². The van der Waals surface area contributed by atoms with E-state index in [1.54, 1.807) is 0 Å². The lowest BCUT2D eigenvalue weighted by Crippen LogP contribution is -2.36. The zero-order chi connectivity index (χ0) is 16.4. The van der Waals surface area contributed by atoms with Gasteiger partial charge >= 0.3 is 6.03 Å². The third-order valence-corrected chi connectivity index (χ3v) is 6.85. The van der Waals surface area contributed by atoms with Crippen LogP contribution in [0.25, 0.3) is 0 Å². The van der Waals surface area contributed by atoms with Gasteiger partial charge < -0.3 is 16.0 Å². The molecule has 3 heterocycles. The fraction of sp³-hybridized carbons (Fsp3) is 0.667. The first kappa shape index (κ1) is 16.6. The van der Waals surface area contributed by atoms with Gasteiger partial charge in [-0.25, -0.2) is 9.78 Å². The Hall–Kier alpha value is -1.28. The lowest BCUT2D eigenvalue weighted by Gasteiger charge is -2.16. The van der Waals surface area contributed by atoms with Gasteiger partial charge in [0, 0.05) is 22.3 Å². The molecule has 1 aromatic rings. The summed E-state index contributed by atoms with van der Waals surface area (Å²) >= 11 is 3.44. The van der Waals surface area contributed by atoms with Gasteiger partial charge in [0.1, 0.15) is 0 Å². The molecule has 23 heavy (non-hydrogen) atoms. The van der Waals surface area contributed by atoms with E-state index < -0.39 is 0 Å². The van der Waals surface area contributed by atoms with Crippen molar-refractivity contribution in [2.45, 2.75) is 56.9 Å². The lowest BCUT2D eigenvalue weighted by molar-refractivity contribution is -0.116. The Morgan fingerprint density at radius 1 is 1.35 bits per heavy atom.